The van der Waals surface area contributed by atoms with E-state index in [9.17, 15) is 9.59 Å². The van der Waals surface area contributed by atoms with Crippen LogP contribution >= 0.6 is 34.5 Å². The van der Waals surface area contributed by atoms with Gasteiger partial charge < -0.3 is 5.32 Å². The number of fused-ring (bicyclic) bond motifs is 2. The normalized spacial score (nSPS) is 13.9. The second-order valence-corrected chi connectivity index (χ2v) is 9.03. The molecule has 1 aliphatic rings. The number of nitrogens with one attached hydrogen (secondary N) is 1. The Morgan fingerprint density at radius 2 is 2.10 bits per heavy atom. The molecule has 29 heavy (non-hydrogen) atoms. The van der Waals surface area contributed by atoms with Crippen molar-refractivity contribution in [2.45, 2.75) is 45.6 Å². The summed E-state index contributed by atoms with van der Waals surface area (Å²) in [6.07, 6.45) is 4.53. The number of benzene rings is 1. The maximum absolute atomic E-state index is 13.0. The van der Waals surface area contributed by atoms with Gasteiger partial charge in [0.2, 0.25) is 0 Å². The number of aryl methyl sites for hydroxylation is 2. The minimum absolute atomic E-state index is 0.0228. The fraction of sp³-hybridized carbons (Fsp3) is 0.381. The van der Waals surface area contributed by atoms with Crippen molar-refractivity contribution < 1.29 is 4.79 Å². The Labute approximate surface area is 182 Å². The fourth-order valence-corrected chi connectivity index (χ4v) is 5.28. The molecule has 0 fully saturated rings. The molecule has 0 spiro atoms. The number of nitrogens with zero attached hydrogens (tertiary/aromatic N) is 2. The lowest BCUT2D eigenvalue weighted by Gasteiger charge is -2.08. The molecule has 4 rings (SSSR count). The number of amides is 1. The van der Waals surface area contributed by atoms with Crippen molar-refractivity contribution >= 4 is 50.7 Å². The van der Waals surface area contributed by atoms with E-state index in [0.29, 0.717) is 50.2 Å². The van der Waals surface area contributed by atoms with Gasteiger partial charge in [-0.05, 0) is 43.4 Å². The van der Waals surface area contributed by atoms with E-state index in [1.807, 2.05) is 19.1 Å². The minimum Gasteiger partial charge on any atom is -0.351 e. The molecule has 1 aromatic carbocycles. The lowest BCUT2D eigenvalue weighted by atomic mass is 10.1. The summed E-state index contributed by atoms with van der Waals surface area (Å²) < 4.78 is 1.79. The Hall–Kier alpha value is -1.89. The standard InChI is InChI=1S/C21H21Cl2N3O2S/c1-12-16-20(25-15-8-3-2-4-11-26(15)21(16)28)29-18(12)19(27)24-10-9-13-6-5-7-14(22)17(13)23/h5-7H,2-4,8-11H2,1H3,(H,24,27). The van der Waals surface area contributed by atoms with E-state index in [0.717, 1.165) is 37.1 Å². The van der Waals surface area contributed by atoms with Crippen molar-refractivity contribution in [3.05, 3.63) is 60.4 Å². The number of thiophene rings is 1. The van der Waals surface area contributed by atoms with Crippen LogP contribution < -0.4 is 10.9 Å². The van der Waals surface area contributed by atoms with Gasteiger partial charge in [-0.15, -0.1) is 11.3 Å². The van der Waals surface area contributed by atoms with E-state index >= 15 is 0 Å². The Kier molecular flexibility index (Phi) is 5.95. The summed E-state index contributed by atoms with van der Waals surface area (Å²) in [6, 6.07) is 5.47. The molecule has 5 nitrogen and oxygen atoms in total. The third-order valence-electron chi connectivity index (χ3n) is 5.33. The van der Waals surface area contributed by atoms with Gasteiger partial charge in [0, 0.05) is 19.5 Å². The monoisotopic (exact) mass is 449 g/mol. The van der Waals surface area contributed by atoms with Gasteiger partial charge in [-0.1, -0.05) is 41.8 Å². The molecule has 0 aliphatic carbocycles. The quantitative estimate of drug-likeness (QED) is 0.623. The molecule has 0 radical (unpaired) electrons. The number of carbonyl (C=O) groups is 1. The Bertz CT molecular complexity index is 1150. The zero-order chi connectivity index (χ0) is 20.5. The predicted molar refractivity (Wildman–Crippen MR) is 119 cm³/mol. The van der Waals surface area contributed by atoms with Gasteiger partial charge in [0.15, 0.2) is 0 Å². The molecule has 3 heterocycles. The number of hydrogen-bond acceptors (Lipinski definition) is 4. The zero-order valence-corrected chi connectivity index (χ0v) is 18.4. The van der Waals surface area contributed by atoms with Crippen molar-refractivity contribution in [3.8, 4) is 0 Å². The summed E-state index contributed by atoms with van der Waals surface area (Å²) >= 11 is 13.5. The van der Waals surface area contributed by atoms with Crippen LogP contribution in [-0.2, 0) is 19.4 Å². The van der Waals surface area contributed by atoms with Crippen LogP contribution in [0.1, 0.15) is 45.9 Å². The maximum Gasteiger partial charge on any atom is 0.262 e. The number of aromatic nitrogens is 2. The average Bonchev–Trinajstić information content (AvgIpc) is 2.87. The molecular weight excluding hydrogens is 429 g/mol. The van der Waals surface area contributed by atoms with Crippen molar-refractivity contribution in [3.63, 3.8) is 0 Å². The Morgan fingerprint density at radius 1 is 1.28 bits per heavy atom. The lowest BCUT2D eigenvalue weighted by Crippen LogP contribution is -2.26. The van der Waals surface area contributed by atoms with Crippen LogP contribution in [-0.4, -0.2) is 22.0 Å². The van der Waals surface area contributed by atoms with E-state index < -0.39 is 0 Å². The summed E-state index contributed by atoms with van der Waals surface area (Å²) in [7, 11) is 0. The largest absolute Gasteiger partial charge is 0.351 e. The minimum atomic E-state index is -0.191. The third kappa shape index (κ3) is 3.93. The Balaban J connectivity index is 1.56. The molecule has 3 aromatic rings. The highest BCUT2D eigenvalue weighted by molar-refractivity contribution is 7.20. The molecule has 2 aromatic heterocycles. The predicted octanol–water partition coefficient (Wildman–Crippen LogP) is 4.77. The first-order valence-electron chi connectivity index (χ1n) is 9.71. The highest BCUT2D eigenvalue weighted by atomic mass is 35.5. The summed E-state index contributed by atoms with van der Waals surface area (Å²) in [6.45, 7) is 2.96. The van der Waals surface area contributed by atoms with Crippen molar-refractivity contribution in [2.75, 3.05) is 6.54 Å². The average molecular weight is 450 g/mol. The second-order valence-electron chi connectivity index (χ2n) is 7.25. The van der Waals surface area contributed by atoms with Crippen LogP contribution in [0.15, 0.2) is 23.0 Å². The molecule has 8 heteroatoms. The van der Waals surface area contributed by atoms with Crippen LogP contribution in [0.5, 0.6) is 0 Å². The number of halogens is 2. The smallest absolute Gasteiger partial charge is 0.262 e. The summed E-state index contributed by atoms with van der Waals surface area (Å²) in [5.74, 6) is 0.645. The van der Waals surface area contributed by atoms with Gasteiger partial charge >= 0.3 is 0 Å². The highest BCUT2D eigenvalue weighted by Crippen LogP contribution is 2.29. The zero-order valence-electron chi connectivity index (χ0n) is 16.1. The molecule has 0 atom stereocenters. The molecule has 0 unspecified atom stereocenters. The van der Waals surface area contributed by atoms with E-state index in [1.165, 1.54) is 11.3 Å². The molecule has 152 valence electrons. The summed E-state index contributed by atoms with van der Waals surface area (Å²) in [5, 5.41) is 4.52. The van der Waals surface area contributed by atoms with Gasteiger partial charge in [0.25, 0.3) is 11.5 Å². The van der Waals surface area contributed by atoms with Crippen LogP contribution in [0.25, 0.3) is 10.2 Å². The fourth-order valence-electron chi connectivity index (χ4n) is 3.76. The van der Waals surface area contributed by atoms with Gasteiger partial charge in [-0.2, -0.15) is 0 Å². The SMILES string of the molecule is Cc1c(C(=O)NCCc2cccc(Cl)c2Cl)sc2nc3n(c(=O)c12)CCCCC3. The molecule has 1 amide bonds. The first-order valence-corrected chi connectivity index (χ1v) is 11.3. The van der Waals surface area contributed by atoms with E-state index in [-0.39, 0.29) is 11.5 Å². The second kappa shape index (κ2) is 8.46. The molecule has 1 aliphatic heterocycles. The van der Waals surface area contributed by atoms with E-state index in [1.54, 1.807) is 10.6 Å². The summed E-state index contributed by atoms with van der Waals surface area (Å²) in [4.78, 5) is 31.7. The van der Waals surface area contributed by atoms with Gasteiger partial charge in [-0.25, -0.2) is 4.98 Å². The molecule has 0 bridgehead atoms. The molecular formula is C21H21Cl2N3O2S. The highest BCUT2D eigenvalue weighted by Gasteiger charge is 2.22. The topological polar surface area (TPSA) is 64.0 Å². The van der Waals surface area contributed by atoms with Crippen LogP contribution in [0.4, 0.5) is 0 Å². The van der Waals surface area contributed by atoms with E-state index in [4.69, 9.17) is 28.2 Å². The van der Waals surface area contributed by atoms with Gasteiger partial charge in [0.05, 0.1) is 20.3 Å². The molecule has 0 saturated heterocycles. The Morgan fingerprint density at radius 3 is 2.93 bits per heavy atom. The number of rotatable bonds is 4. The van der Waals surface area contributed by atoms with Crippen LogP contribution in [0, 0.1) is 6.92 Å². The van der Waals surface area contributed by atoms with Crippen molar-refractivity contribution in [1.82, 2.24) is 14.9 Å². The van der Waals surface area contributed by atoms with Crippen molar-refractivity contribution in [1.29, 1.82) is 0 Å². The van der Waals surface area contributed by atoms with Crippen molar-refractivity contribution in [2.24, 2.45) is 0 Å². The third-order valence-corrected chi connectivity index (χ3v) is 7.37. The van der Waals surface area contributed by atoms with Crippen LogP contribution in [0.3, 0.4) is 0 Å². The molecule has 0 saturated carbocycles. The lowest BCUT2D eigenvalue weighted by molar-refractivity contribution is 0.0957. The maximum atomic E-state index is 13.0. The van der Waals surface area contributed by atoms with Crippen LogP contribution in [0.2, 0.25) is 10.0 Å². The van der Waals surface area contributed by atoms with Gasteiger partial charge in [0.1, 0.15) is 10.7 Å². The summed E-state index contributed by atoms with van der Waals surface area (Å²) in [5.41, 5.74) is 1.57. The number of hydrogen-bond donors (Lipinski definition) is 1. The van der Waals surface area contributed by atoms with Gasteiger partial charge in [-0.3, -0.25) is 14.2 Å². The first-order chi connectivity index (χ1) is 14.0. The first kappa shape index (κ1) is 20.4. The molecule has 1 N–H and O–H groups in total. The number of carbonyl (C=O) groups excluding carboxylic acids is 1. The van der Waals surface area contributed by atoms with E-state index in [2.05, 4.69) is 5.32 Å².